The molecule has 0 radical (unpaired) electrons. The molecule has 3 aromatic carbocycles. The molecule has 0 aliphatic carbocycles. The smallest absolute Gasteiger partial charge is 0.267 e. The average Bonchev–Trinajstić information content (AvgIpc) is 3.30. The van der Waals surface area contributed by atoms with E-state index in [0.717, 1.165) is 27.0 Å². The van der Waals surface area contributed by atoms with E-state index in [1.54, 1.807) is 42.0 Å². The van der Waals surface area contributed by atoms with Gasteiger partial charge < -0.3 is 15.0 Å². The number of sulfonamides is 1. The van der Waals surface area contributed by atoms with Gasteiger partial charge in [0.15, 0.2) is 0 Å². The van der Waals surface area contributed by atoms with E-state index in [-0.39, 0.29) is 6.54 Å². The first-order valence-corrected chi connectivity index (χ1v) is 12.7. The molecule has 0 saturated carbocycles. The molecule has 182 valence electrons. The topological polar surface area (TPSA) is 124 Å². The number of benzene rings is 3. The van der Waals surface area contributed by atoms with Crippen LogP contribution in [-0.4, -0.2) is 43.4 Å². The maximum absolute atomic E-state index is 12.6. The summed E-state index contributed by atoms with van der Waals surface area (Å²) in [7, 11) is -3.76. The summed E-state index contributed by atoms with van der Waals surface area (Å²) >= 11 is 0. The molecule has 0 spiro atoms. The molecular weight excluding hydrogens is 468 g/mol. The SMILES string of the molecule is Cc1ccc(Oc2ccc(N(C[C@H](Nc3ccc4[nH]ccc4c3)C(=O)NO)S(C)(=O)=O)cc2)cc1. The number of carbonyl (C=O) groups is 1. The third-order valence-corrected chi connectivity index (χ3v) is 6.61. The summed E-state index contributed by atoms with van der Waals surface area (Å²) in [6, 6.07) is 20.3. The van der Waals surface area contributed by atoms with E-state index >= 15 is 0 Å². The van der Waals surface area contributed by atoms with Gasteiger partial charge in [0.05, 0.1) is 18.5 Å². The molecule has 0 bridgehead atoms. The number of hydroxylamine groups is 1. The fraction of sp³-hybridized carbons (Fsp3) is 0.160. The molecule has 10 heteroatoms. The molecule has 0 fully saturated rings. The molecule has 0 unspecified atom stereocenters. The number of aromatic amines is 1. The summed E-state index contributed by atoms with van der Waals surface area (Å²) < 4.78 is 32.2. The number of aromatic nitrogens is 1. The molecule has 4 N–H and O–H groups in total. The van der Waals surface area contributed by atoms with Crippen molar-refractivity contribution in [2.45, 2.75) is 13.0 Å². The Kier molecular flexibility index (Phi) is 6.94. The van der Waals surface area contributed by atoms with Gasteiger partial charge >= 0.3 is 0 Å². The highest BCUT2D eigenvalue weighted by Crippen LogP contribution is 2.27. The number of nitrogens with one attached hydrogen (secondary N) is 3. The second kappa shape index (κ2) is 10.1. The Morgan fingerprint density at radius 1 is 1.03 bits per heavy atom. The Bertz CT molecular complexity index is 1420. The molecule has 9 nitrogen and oxygen atoms in total. The summed E-state index contributed by atoms with van der Waals surface area (Å²) in [6.07, 6.45) is 2.85. The van der Waals surface area contributed by atoms with Crippen molar-refractivity contribution in [3.63, 3.8) is 0 Å². The highest BCUT2D eigenvalue weighted by molar-refractivity contribution is 7.92. The summed E-state index contributed by atoms with van der Waals surface area (Å²) in [5, 5.41) is 13.2. The van der Waals surface area contributed by atoms with E-state index in [1.807, 2.05) is 49.4 Å². The monoisotopic (exact) mass is 494 g/mol. The average molecular weight is 495 g/mol. The lowest BCUT2D eigenvalue weighted by molar-refractivity contribution is -0.129. The number of H-pyrrole nitrogens is 1. The highest BCUT2D eigenvalue weighted by atomic mass is 32.2. The Hall–Kier alpha value is -4.02. The van der Waals surface area contributed by atoms with Gasteiger partial charge in [-0.3, -0.25) is 14.3 Å². The third kappa shape index (κ3) is 5.92. The van der Waals surface area contributed by atoms with Gasteiger partial charge in [-0.15, -0.1) is 0 Å². The van der Waals surface area contributed by atoms with E-state index in [9.17, 15) is 18.4 Å². The van der Waals surface area contributed by atoms with Crippen LogP contribution in [-0.2, 0) is 14.8 Å². The number of amides is 1. The molecule has 4 aromatic rings. The molecule has 1 atom stereocenters. The van der Waals surface area contributed by atoms with E-state index < -0.39 is 22.0 Å². The first-order valence-electron chi connectivity index (χ1n) is 10.8. The highest BCUT2D eigenvalue weighted by Gasteiger charge is 2.27. The predicted molar refractivity (Wildman–Crippen MR) is 136 cm³/mol. The Labute approximate surface area is 203 Å². The predicted octanol–water partition coefficient (Wildman–Crippen LogP) is 4.02. The number of ether oxygens (including phenoxy) is 1. The summed E-state index contributed by atoms with van der Waals surface area (Å²) in [6.45, 7) is 1.73. The lowest BCUT2D eigenvalue weighted by atomic mass is 10.2. The fourth-order valence-corrected chi connectivity index (χ4v) is 4.56. The number of hydrogen-bond acceptors (Lipinski definition) is 6. The molecule has 0 aliphatic heterocycles. The van der Waals surface area contributed by atoms with Crippen LogP contribution in [0.5, 0.6) is 11.5 Å². The standard InChI is InChI=1S/C25H26N4O5S/c1-17-3-8-21(9-4-17)34-22-10-6-20(7-11-22)29(35(2,32)33)16-24(25(30)28-31)27-19-5-12-23-18(15-19)13-14-26-23/h3-15,24,26-27,31H,16H2,1-2H3,(H,28,30)/t24-/m0/s1. The van der Waals surface area contributed by atoms with Crippen LogP contribution in [0.25, 0.3) is 10.9 Å². The fourth-order valence-electron chi connectivity index (χ4n) is 3.64. The molecule has 1 heterocycles. The van der Waals surface area contributed by atoms with Gasteiger partial charge in [-0.2, -0.15) is 0 Å². The zero-order valence-corrected chi connectivity index (χ0v) is 20.0. The lowest BCUT2D eigenvalue weighted by Gasteiger charge is -2.27. The third-order valence-electron chi connectivity index (χ3n) is 5.45. The van der Waals surface area contributed by atoms with E-state index in [4.69, 9.17) is 4.74 Å². The van der Waals surface area contributed by atoms with Crippen LogP contribution < -0.4 is 19.8 Å². The largest absolute Gasteiger partial charge is 0.457 e. The van der Waals surface area contributed by atoms with Crippen LogP contribution >= 0.6 is 0 Å². The molecule has 1 aromatic heterocycles. The van der Waals surface area contributed by atoms with Crippen LogP contribution in [0, 0.1) is 6.92 Å². The zero-order valence-electron chi connectivity index (χ0n) is 19.2. The number of rotatable bonds is 9. The van der Waals surface area contributed by atoms with Crippen molar-refractivity contribution >= 4 is 38.2 Å². The normalized spacial score (nSPS) is 12.2. The molecular formula is C25H26N4O5S. The zero-order chi connectivity index (χ0) is 25.0. The van der Waals surface area contributed by atoms with Gasteiger partial charge in [0, 0.05) is 22.8 Å². The first kappa shape index (κ1) is 24.1. The van der Waals surface area contributed by atoms with Crippen LogP contribution in [0.3, 0.4) is 0 Å². The van der Waals surface area contributed by atoms with Gasteiger partial charge in [-0.25, -0.2) is 13.9 Å². The minimum absolute atomic E-state index is 0.255. The lowest BCUT2D eigenvalue weighted by Crippen LogP contribution is -2.48. The Morgan fingerprint density at radius 3 is 2.31 bits per heavy atom. The minimum atomic E-state index is -3.76. The van der Waals surface area contributed by atoms with Gasteiger partial charge in [0.25, 0.3) is 5.91 Å². The summed E-state index contributed by atoms with van der Waals surface area (Å²) in [5.74, 6) is 0.423. The molecule has 1 amide bonds. The van der Waals surface area contributed by atoms with Gasteiger partial charge in [-0.1, -0.05) is 17.7 Å². The Balaban J connectivity index is 1.56. The number of fused-ring (bicyclic) bond motifs is 1. The number of anilines is 2. The minimum Gasteiger partial charge on any atom is -0.457 e. The van der Waals surface area contributed by atoms with Gasteiger partial charge in [0.2, 0.25) is 10.0 Å². The van der Waals surface area contributed by atoms with Crippen molar-refractivity contribution in [3.05, 3.63) is 84.6 Å². The van der Waals surface area contributed by atoms with Gasteiger partial charge in [0.1, 0.15) is 17.5 Å². The van der Waals surface area contributed by atoms with Crippen LogP contribution in [0.15, 0.2) is 79.0 Å². The maximum Gasteiger partial charge on any atom is 0.267 e. The number of aryl methyl sites for hydroxylation is 1. The van der Waals surface area contributed by atoms with Gasteiger partial charge in [-0.05, 0) is 67.6 Å². The second-order valence-electron chi connectivity index (χ2n) is 8.16. The van der Waals surface area contributed by atoms with Crippen molar-refractivity contribution in [2.24, 2.45) is 0 Å². The molecule has 35 heavy (non-hydrogen) atoms. The van der Waals surface area contributed by atoms with Crippen molar-refractivity contribution < 1.29 is 23.2 Å². The molecule has 0 aliphatic rings. The van der Waals surface area contributed by atoms with E-state index in [1.165, 1.54) is 0 Å². The number of carbonyl (C=O) groups excluding carboxylic acids is 1. The van der Waals surface area contributed by atoms with E-state index in [0.29, 0.717) is 22.9 Å². The summed E-state index contributed by atoms with van der Waals surface area (Å²) in [4.78, 5) is 15.5. The maximum atomic E-state index is 12.6. The summed E-state index contributed by atoms with van der Waals surface area (Å²) in [5.41, 5.74) is 4.60. The van der Waals surface area contributed by atoms with Crippen LogP contribution in [0.1, 0.15) is 5.56 Å². The molecule has 0 saturated heterocycles. The van der Waals surface area contributed by atoms with Crippen molar-refractivity contribution in [1.29, 1.82) is 0 Å². The molecule has 4 rings (SSSR count). The quantitative estimate of drug-likeness (QED) is 0.206. The van der Waals surface area contributed by atoms with Crippen molar-refractivity contribution in [2.75, 3.05) is 22.4 Å². The second-order valence-corrected chi connectivity index (χ2v) is 10.1. The van der Waals surface area contributed by atoms with Crippen molar-refractivity contribution in [1.82, 2.24) is 10.5 Å². The van der Waals surface area contributed by atoms with Crippen LogP contribution in [0.2, 0.25) is 0 Å². The number of nitrogens with zero attached hydrogens (tertiary/aromatic N) is 1. The number of hydrogen-bond donors (Lipinski definition) is 4. The first-order chi connectivity index (χ1) is 16.7. The van der Waals surface area contributed by atoms with Crippen LogP contribution in [0.4, 0.5) is 11.4 Å². The van der Waals surface area contributed by atoms with E-state index in [2.05, 4.69) is 10.3 Å². The Morgan fingerprint density at radius 2 is 1.69 bits per heavy atom. The van der Waals surface area contributed by atoms with Crippen molar-refractivity contribution in [3.8, 4) is 11.5 Å².